The van der Waals surface area contributed by atoms with Gasteiger partial charge >= 0.3 is 0 Å². The van der Waals surface area contributed by atoms with Crippen molar-refractivity contribution in [2.24, 2.45) is 5.92 Å². The SMILES string of the molecule is CC(C)c1nnc(CCC(=O)N2CCC[C@H](Cc3ccn[nH]3)C2)o1. The van der Waals surface area contributed by atoms with Crippen LogP contribution in [0, 0.1) is 5.92 Å². The van der Waals surface area contributed by atoms with E-state index in [0.717, 1.165) is 38.0 Å². The molecular weight excluding hydrogens is 306 g/mol. The highest BCUT2D eigenvalue weighted by molar-refractivity contribution is 5.76. The van der Waals surface area contributed by atoms with Crippen molar-refractivity contribution in [2.45, 2.75) is 51.9 Å². The van der Waals surface area contributed by atoms with Gasteiger partial charge in [0.05, 0.1) is 0 Å². The van der Waals surface area contributed by atoms with Gasteiger partial charge < -0.3 is 9.32 Å². The van der Waals surface area contributed by atoms with Crippen LogP contribution in [0.3, 0.4) is 0 Å². The van der Waals surface area contributed by atoms with Crippen molar-refractivity contribution in [1.82, 2.24) is 25.3 Å². The monoisotopic (exact) mass is 331 g/mol. The standard InChI is InChI=1S/C17H25N5O2/c1-12(2)17-21-20-15(24-17)5-6-16(23)22-9-3-4-13(11-22)10-14-7-8-18-19-14/h7-8,12-13H,3-6,9-11H2,1-2H3,(H,18,19)/t13-/m1/s1. The minimum absolute atomic E-state index is 0.175. The van der Waals surface area contributed by atoms with Crippen molar-refractivity contribution in [2.75, 3.05) is 13.1 Å². The molecule has 1 fully saturated rings. The molecule has 0 bridgehead atoms. The number of likely N-dealkylation sites (tertiary alicyclic amines) is 1. The van der Waals surface area contributed by atoms with E-state index in [1.807, 2.05) is 24.8 Å². The van der Waals surface area contributed by atoms with Crippen molar-refractivity contribution < 1.29 is 9.21 Å². The van der Waals surface area contributed by atoms with Crippen molar-refractivity contribution in [3.05, 3.63) is 29.7 Å². The van der Waals surface area contributed by atoms with E-state index in [1.54, 1.807) is 6.20 Å². The number of aromatic amines is 1. The summed E-state index contributed by atoms with van der Waals surface area (Å²) in [6, 6.07) is 2.00. The molecule has 1 amide bonds. The van der Waals surface area contributed by atoms with Crippen LogP contribution in [0.4, 0.5) is 0 Å². The van der Waals surface area contributed by atoms with Crippen molar-refractivity contribution in [3.63, 3.8) is 0 Å². The summed E-state index contributed by atoms with van der Waals surface area (Å²) in [5.74, 6) is 2.08. The number of H-pyrrole nitrogens is 1. The summed E-state index contributed by atoms with van der Waals surface area (Å²) in [4.78, 5) is 14.5. The van der Waals surface area contributed by atoms with Crippen LogP contribution >= 0.6 is 0 Å². The maximum absolute atomic E-state index is 12.5. The molecule has 0 aromatic carbocycles. The molecule has 2 aromatic heterocycles. The second-order valence-electron chi connectivity index (χ2n) is 6.82. The van der Waals surface area contributed by atoms with Gasteiger partial charge in [-0.3, -0.25) is 9.89 Å². The number of aromatic nitrogens is 4. The predicted octanol–water partition coefficient (Wildman–Crippen LogP) is 2.33. The number of hydrogen-bond acceptors (Lipinski definition) is 5. The second-order valence-corrected chi connectivity index (χ2v) is 6.82. The highest BCUT2D eigenvalue weighted by Gasteiger charge is 2.24. The molecule has 1 saturated heterocycles. The first-order valence-corrected chi connectivity index (χ1v) is 8.70. The number of carbonyl (C=O) groups is 1. The molecule has 3 heterocycles. The number of rotatable bonds is 6. The Morgan fingerprint density at radius 1 is 1.46 bits per heavy atom. The number of amides is 1. The van der Waals surface area contributed by atoms with Crippen LogP contribution < -0.4 is 0 Å². The van der Waals surface area contributed by atoms with E-state index in [2.05, 4.69) is 20.4 Å². The topological polar surface area (TPSA) is 87.9 Å². The van der Waals surface area contributed by atoms with E-state index in [9.17, 15) is 4.79 Å². The highest BCUT2D eigenvalue weighted by atomic mass is 16.4. The summed E-state index contributed by atoms with van der Waals surface area (Å²) in [6.45, 7) is 5.68. The number of piperidine rings is 1. The third-order valence-electron chi connectivity index (χ3n) is 4.47. The maximum Gasteiger partial charge on any atom is 0.223 e. The van der Waals surface area contributed by atoms with Gasteiger partial charge in [-0.2, -0.15) is 5.10 Å². The Hall–Kier alpha value is -2.18. The van der Waals surface area contributed by atoms with Gasteiger partial charge in [-0.25, -0.2) is 0 Å². The number of nitrogens with one attached hydrogen (secondary N) is 1. The van der Waals surface area contributed by atoms with Gasteiger partial charge in [0.15, 0.2) is 0 Å². The van der Waals surface area contributed by atoms with Gasteiger partial charge in [0.25, 0.3) is 0 Å². The minimum atomic E-state index is 0.175. The van der Waals surface area contributed by atoms with Crippen molar-refractivity contribution in [1.29, 1.82) is 0 Å². The van der Waals surface area contributed by atoms with Gasteiger partial charge in [-0.15, -0.1) is 10.2 Å². The molecule has 7 heteroatoms. The Morgan fingerprint density at radius 3 is 3.04 bits per heavy atom. The van der Waals surface area contributed by atoms with Gasteiger partial charge in [-0.1, -0.05) is 13.8 Å². The zero-order chi connectivity index (χ0) is 16.9. The highest BCUT2D eigenvalue weighted by Crippen LogP contribution is 2.21. The fraction of sp³-hybridized carbons (Fsp3) is 0.647. The van der Waals surface area contributed by atoms with Crippen LogP contribution in [0.2, 0.25) is 0 Å². The molecule has 2 aromatic rings. The molecule has 0 saturated carbocycles. The molecule has 0 spiro atoms. The maximum atomic E-state index is 12.5. The third kappa shape index (κ3) is 4.21. The van der Waals surface area contributed by atoms with Crippen LogP contribution in [-0.4, -0.2) is 44.3 Å². The van der Waals surface area contributed by atoms with Crippen molar-refractivity contribution in [3.8, 4) is 0 Å². The lowest BCUT2D eigenvalue weighted by Gasteiger charge is -2.32. The van der Waals surface area contributed by atoms with Gasteiger partial charge in [0, 0.05) is 43.7 Å². The lowest BCUT2D eigenvalue weighted by Crippen LogP contribution is -2.40. The lowest BCUT2D eigenvalue weighted by atomic mass is 9.93. The molecule has 1 N–H and O–H groups in total. The largest absolute Gasteiger partial charge is 0.425 e. The Balaban J connectivity index is 1.48. The summed E-state index contributed by atoms with van der Waals surface area (Å²) in [5.41, 5.74) is 1.14. The molecule has 0 radical (unpaired) electrons. The van der Waals surface area contributed by atoms with Gasteiger partial charge in [0.2, 0.25) is 17.7 Å². The smallest absolute Gasteiger partial charge is 0.223 e. The van der Waals surface area contributed by atoms with Crippen LogP contribution in [0.25, 0.3) is 0 Å². The zero-order valence-corrected chi connectivity index (χ0v) is 14.4. The number of carbonyl (C=O) groups excluding carboxylic acids is 1. The average Bonchev–Trinajstić information content (AvgIpc) is 3.24. The summed E-state index contributed by atoms with van der Waals surface area (Å²) >= 11 is 0. The molecule has 130 valence electrons. The fourth-order valence-corrected chi connectivity index (χ4v) is 3.14. The van der Waals surface area contributed by atoms with E-state index in [0.29, 0.717) is 30.5 Å². The van der Waals surface area contributed by atoms with E-state index < -0.39 is 0 Å². The number of hydrogen-bond donors (Lipinski definition) is 1. The van der Waals surface area contributed by atoms with Crippen molar-refractivity contribution >= 4 is 5.91 Å². The minimum Gasteiger partial charge on any atom is -0.425 e. The summed E-state index contributed by atoms with van der Waals surface area (Å²) < 4.78 is 5.57. The Bertz CT molecular complexity index is 650. The molecule has 0 aliphatic carbocycles. The second kappa shape index (κ2) is 7.59. The summed E-state index contributed by atoms with van der Waals surface area (Å²) in [6.07, 6.45) is 5.88. The van der Waals surface area contributed by atoms with Crippen LogP contribution in [0.15, 0.2) is 16.7 Å². The van der Waals surface area contributed by atoms with E-state index in [-0.39, 0.29) is 11.8 Å². The summed E-state index contributed by atoms with van der Waals surface area (Å²) in [7, 11) is 0. The van der Waals surface area contributed by atoms with Crippen LogP contribution in [-0.2, 0) is 17.6 Å². The first-order valence-electron chi connectivity index (χ1n) is 8.70. The first kappa shape index (κ1) is 16.7. The molecular formula is C17H25N5O2. The fourth-order valence-electron chi connectivity index (χ4n) is 3.14. The predicted molar refractivity (Wildman–Crippen MR) is 88.3 cm³/mol. The first-order chi connectivity index (χ1) is 11.6. The molecule has 1 aliphatic heterocycles. The van der Waals surface area contributed by atoms with E-state index in [1.165, 1.54) is 0 Å². The lowest BCUT2D eigenvalue weighted by molar-refractivity contribution is -0.133. The Morgan fingerprint density at radius 2 is 2.33 bits per heavy atom. The van der Waals surface area contributed by atoms with Crippen LogP contribution in [0.5, 0.6) is 0 Å². The average molecular weight is 331 g/mol. The Kier molecular flexibility index (Phi) is 5.27. The van der Waals surface area contributed by atoms with E-state index >= 15 is 0 Å². The molecule has 1 aliphatic rings. The number of nitrogens with zero attached hydrogens (tertiary/aromatic N) is 4. The quantitative estimate of drug-likeness (QED) is 0.877. The molecule has 24 heavy (non-hydrogen) atoms. The zero-order valence-electron chi connectivity index (χ0n) is 14.4. The van der Waals surface area contributed by atoms with Gasteiger partial charge in [0.1, 0.15) is 0 Å². The number of aryl methyl sites for hydroxylation is 1. The molecule has 0 unspecified atom stereocenters. The molecule has 7 nitrogen and oxygen atoms in total. The summed E-state index contributed by atoms with van der Waals surface area (Å²) in [5, 5.41) is 15.0. The van der Waals surface area contributed by atoms with Gasteiger partial charge in [-0.05, 0) is 31.2 Å². The van der Waals surface area contributed by atoms with E-state index in [4.69, 9.17) is 4.42 Å². The third-order valence-corrected chi connectivity index (χ3v) is 4.47. The van der Waals surface area contributed by atoms with Crippen LogP contribution in [0.1, 0.15) is 56.5 Å². The molecule has 1 atom stereocenters. The normalized spacial score (nSPS) is 18.3. The Labute approximate surface area is 141 Å². The molecule has 3 rings (SSSR count).